The Morgan fingerprint density at radius 1 is 1.12 bits per heavy atom. The largest absolute Gasteiger partial charge is 0.497 e. The van der Waals surface area contributed by atoms with Crippen molar-refractivity contribution in [3.8, 4) is 5.75 Å². The van der Waals surface area contributed by atoms with E-state index in [2.05, 4.69) is 5.32 Å². The predicted octanol–water partition coefficient (Wildman–Crippen LogP) is 4.81. The smallest absolute Gasteiger partial charge is 0.323 e. The lowest BCUT2D eigenvalue weighted by atomic mass is 10.1. The van der Waals surface area contributed by atoms with Crippen LogP contribution >= 0.6 is 11.8 Å². The summed E-state index contributed by atoms with van der Waals surface area (Å²) in [5.74, 6) is 0.626. The van der Waals surface area contributed by atoms with Crippen LogP contribution in [0.2, 0.25) is 0 Å². The maximum absolute atomic E-state index is 14.4. The number of nitrogens with zero attached hydrogens (tertiary/aromatic N) is 2. The zero-order chi connectivity index (χ0) is 23.0. The minimum atomic E-state index is -1.19. The van der Waals surface area contributed by atoms with E-state index in [-0.39, 0.29) is 24.3 Å². The van der Waals surface area contributed by atoms with Gasteiger partial charge in [-0.3, -0.25) is 9.69 Å². The fraction of sp³-hybridized carbons (Fsp3) is 0.200. The average molecular weight is 464 g/mol. The molecule has 0 aromatic heterocycles. The number of benzene rings is 3. The van der Waals surface area contributed by atoms with Gasteiger partial charge in [0, 0.05) is 35.2 Å². The molecule has 5 rings (SSSR count). The van der Waals surface area contributed by atoms with Gasteiger partial charge >= 0.3 is 6.03 Å². The molecule has 168 valence electrons. The fourth-order valence-electron chi connectivity index (χ4n) is 4.41. The summed E-state index contributed by atoms with van der Waals surface area (Å²) in [5, 5.41) is 2.90. The van der Waals surface area contributed by atoms with Gasteiger partial charge in [0.1, 0.15) is 11.6 Å². The number of anilines is 2. The van der Waals surface area contributed by atoms with E-state index < -0.39 is 4.87 Å². The van der Waals surface area contributed by atoms with E-state index in [1.165, 1.54) is 17.8 Å². The van der Waals surface area contributed by atoms with Crippen molar-refractivity contribution in [2.45, 2.75) is 11.4 Å². The second-order valence-corrected chi connectivity index (χ2v) is 9.09. The molecule has 1 spiro atoms. The third-order valence-electron chi connectivity index (χ3n) is 5.95. The van der Waals surface area contributed by atoms with Gasteiger partial charge < -0.3 is 15.0 Å². The van der Waals surface area contributed by atoms with Gasteiger partial charge in [0.25, 0.3) is 5.91 Å². The van der Waals surface area contributed by atoms with E-state index in [9.17, 15) is 14.0 Å². The number of rotatable bonds is 4. The molecule has 33 heavy (non-hydrogen) atoms. The quantitative estimate of drug-likeness (QED) is 0.603. The van der Waals surface area contributed by atoms with Crippen molar-refractivity contribution in [3.05, 3.63) is 89.7 Å². The number of carbonyl (C=O) groups is 2. The molecule has 0 bridgehead atoms. The van der Waals surface area contributed by atoms with Gasteiger partial charge in [0.2, 0.25) is 0 Å². The number of nitrogens with one attached hydrogen (secondary N) is 1. The molecule has 3 aromatic rings. The summed E-state index contributed by atoms with van der Waals surface area (Å²) in [7, 11) is 1.56. The monoisotopic (exact) mass is 463 g/mol. The maximum atomic E-state index is 14.4. The third kappa shape index (κ3) is 3.51. The number of ether oxygens (including phenoxy) is 1. The standard InChI is InChI=1S/C25H22FN3O3S/c1-32-19-9-6-8-18(15-19)27-24(31)29-13-14-33-25(29)20-10-3-5-12-22(20)28(23(25)30)16-17-7-2-4-11-21(17)26/h2-12,15H,13-14,16H2,1H3,(H,27,31). The molecule has 0 aliphatic carbocycles. The Morgan fingerprint density at radius 2 is 1.91 bits per heavy atom. The molecule has 1 atom stereocenters. The SMILES string of the molecule is COc1cccc(NC(=O)N2CCSC23C(=O)N(Cc2ccccc2F)c2ccccc23)c1. The first kappa shape index (κ1) is 21.3. The minimum Gasteiger partial charge on any atom is -0.497 e. The maximum Gasteiger partial charge on any atom is 0.323 e. The highest BCUT2D eigenvalue weighted by molar-refractivity contribution is 8.01. The van der Waals surface area contributed by atoms with Crippen LogP contribution < -0.4 is 15.0 Å². The van der Waals surface area contributed by atoms with Gasteiger partial charge in [-0.05, 0) is 24.3 Å². The van der Waals surface area contributed by atoms with E-state index in [0.717, 1.165) is 5.56 Å². The Labute approximate surface area is 195 Å². The van der Waals surface area contributed by atoms with Crippen LogP contribution in [0.1, 0.15) is 11.1 Å². The first-order valence-corrected chi connectivity index (χ1v) is 11.5. The van der Waals surface area contributed by atoms with Crippen LogP contribution in [0.25, 0.3) is 0 Å². The van der Waals surface area contributed by atoms with Crippen molar-refractivity contribution in [1.82, 2.24) is 4.90 Å². The second-order valence-electron chi connectivity index (χ2n) is 7.81. The van der Waals surface area contributed by atoms with Crippen molar-refractivity contribution < 1.29 is 18.7 Å². The summed E-state index contributed by atoms with van der Waals surface area (Å²) in [6.45, 7) is 0.504. The van der Waals surface area contributed by atoms with Crippen molar-refractivity contribution in [2.24, 2.45) is 0 Å². The summed E-state index contributed by atoms with van der Waals surface area (Å²) >= 11 is 1.43. The summed E-state index contributed by atoms with van der Waals surface area (Å²) < 4.78 is 19.6. The average Bonchev–Trinajstić information content (AvgIpc) is 3.38. The molecular weight excluding hydrogens is 441 g/mol. The van der Waals surface area contributed by atoms with Crippen LogP contribution in [-0.4, -0.2) is 36.2 Å². The molecular formula is C25H22FN3O3S. The lowest BCUT2D eigenvalue weighted by molar-refractivity contribution is -0.123. The van der Waals surface area contributed by atoms with Crippen LogP contribution in [0.4, 0.5) is 20.6 Å². The predicted molar refractivity (Wildman–Crippen MR) is 127 cm³/mol. The number of thioether (sulfide) groups is 1. The van der Waals surface area contributed by atoms with Gasteiger partial charge in [-0.1, -0.05) is 42.5 Å². The van der Waals surface area contributed by atoms with Gasteiger partial charge in [-0.2, -0.15) is 0 Å². The summed E-state index contributed by atoms with van der Waals surface area (Å²) in [6, 6.07) is 20.6. The Hall–Kier alpha value is -3.52. The molecule has 3 amide bonds. The molecule has 6 nitrogen and oxygen atoms in total. The molecule has 0 saturated carbocycles. The summed E-state index contributed by atoms with van der Waals surface area (Å²) in [5.41, 5.74) is 2.44. The van der Waals surface area contributed by atoms with Crippen LogP contribution in [-0.2, 0) is 16.2 Å². The van der Waals surface area contributed by atoms with Crippen LogP contribution in [0.5, 0.6) is 5.75 Å². The number of hydrogen-bond donors (Lipinski definition) is 1. The third-order valence-corrected chi connectivity index (χ3v) is 7.37. The van der Waals surface area contributed by atoms with Crippen molar-refractivity contribution in [3.63, 3.8) is 0 Å². The highest BCUT2D eigenvalue weighted by Gasteiger charge is 2.59. The molecule has 2 aliphatic heterocycles. The number of urea groups is 1. The van der Waals surface area contributed by atoms with Gasteiger partial charge in [0.05, 0.1) is 19.3 Å². The Bertz CT molecular complexity index is 1240. The number of halogens is 1. The van der Waals surface area contributed by atoms with E-state index in [4.69, 9.17) is 4.74 Å². The summed E-state index contributed by atoms with van der Waals surface area (Å²) in [4.78, 5) is 29.3. The first-order valence-electron chi connectivity index (χ1n) is 10.6. The van der Waals surface area contributed by atoms with Crippen LogP contribution in [0, 0.1) is 5.82 Å². The van der Waals surface area contributed by atoms with E-state index in [1.54, 1.807) is 59.4 Å². The van der Waals surface area contributed by atoms with Gasteiger partial charge in [-0.25, -0.2) is 9.18 Å². The van der Waals surface area contributed by atoms with Crippen molar-refractivity contribution in [1.29, 1.82) is 0 Å². The topological polar surface area (TPSA) is 61.9 Å². The minimum absolute atomic E-state index is 0.0934. The molecule has 8 heteroatoms. The normalized spacial score (nSPS) is 19.2. The number of amides is 3. The Kier molecular flexibility index (Phi) is 5.46. The molecule has 1 unspecified atom stereocenters. The Morgan fingerprint density at radius 3 is 2.73 bits per heavy atom. The highest BCUT2D eigenvalue weighted by Crippen LogP contribution is 2.54. The van der Waals surface area contributed by atoms with Crippen molar-refractivity contribution >= 4 is 35.1 Å². The highest BCUT2D eigenvalue weighted by atomic mass is 32.2. The summed E-state index contributed by atoms with van der Waals surface area (Å²) in [6.07, 6.45) is 0. The number of para-hydroxylation sites is 1. The number of fused-ring (bicyclic) bond motifs is 2. The molecule has 1 fully saturated rings. The number of hydrogen-bond acceptors (Lipinski definition) is 4. The zero-order valence-electron chi connectivity index (χ0n) is 18.0. The molecule has 3 aromatic carbocycles. The first-order chi connectivity index (χ1) is 16.0. The fourth-order valence-corrected chi connectivity index (χ4v) is 5.87. The molecule has 2 heterocycles. The van der Waals surface area contributed by atoms with Crippen molar-refractivity contribution in [2.75, 3.05) is 29.6 Å². The lowest BCUT2D eigenvalue weighted by Gasteiger charge is -2.33. The van der Waals surface area contributed by atoms with Crippen LogP contribution in [0.15, 0.2) is 72.8 Å². The zero-order valence-corrected chi connectivity index (χ0v) is 18.8. The lowest BCUT2D eigenvalue weighted by Crippen LogP contribution is -2.51. The number of carbonyl (C=O) groups excluding carboxylic acids is 2. The molecule has 1 saturated heterocycles. The van der Waals surface area contributed by atoms with Gasteiger partial charge in [0.15, 0.2) is 4.87 Å². The number of methoxy groups -OCH3 is 1. The van der Waals surface area contributed by atoms with E-state index >= 15 is 0 Å². The van der Waals surface area contributed by atoms with E-state index in [1.807, 2.05) is 24.3 Å². The molecule has 2 aliphatic rings. The van der Waals surface area contributed by atoms with E-state index in [0.29, 0.717) is 35.0 Å². The Balaban J connectivity index is 1.50. The molecule has 0 radical (unpaired) electrons. The molecule has 1 N–H and O–H groups in total. The second kappa shape index (κ2) is 8.44. The van der Waals surface area contributed by atoms with Gasteiger partial charge in [-0.15, -0.1) is 11.8 Å². The van der Waals surface area contributed by atoms with Crippen LogP contribution in [0.3, 0.4) is 0 Å².